The number of esters is 1. The molecule has 1 amide bonds. The van der Waals surface area contributed by atoms with Crippen molar-refractivity contribution in [2.45, 2.75) is 38.8 Å². The van der Waals surface area contributed by atoms with Gasteiger partial charge in [0.15, 0.2) is 0 Å². The minimum atomic E-state index is -0.483. The highest BCUT2D eigenvalue weighted by Crippen LogP contribution is 2.53. The van der Waals surface area contributed by atoms with Crippen LogP contribution < -0.4 is 0 Å². The largest absolute Gasteiger partial charge is 0.467 e. The van der Waals surface area contributed by atoms with Crippen LogP contribution in [0.15, 0.2) is 0 Å². The second-order valence-corrected chi connectivity index (χ2v) is 5.87. The maximum Gasteiger partial charge on any atom is 0.328 e. The SMILES string of the molecule is COC(=O)C1CC(OC)CN1C(=O)[C@H]1CC1(C)C. The smallest absolute Gasteiger partial charge is 0.328 e. The van der Waals surface area contributed by atoms with Gasteiger partial charge in [-0.05, 0) is 11.8 Å². The molecule has 3 atom stereocenters. The minimum Gasteiger partial charge on any atom is -0.467 e. The van der Waals surface area contributed by atoms with Gasteiger partial charge in [0.25, 0.3) is 0 Å². The molecule has 0 aromatic carbocycles. The van der Waals surface area contributed by atoms with E-state index in [-0.39, 0.29) is 29.3 Å². The van der Waals surface area contributed by atoms with Crippen LogP contribution in [-0.2, 0) is 19.1 Å². The molecule has 2 aliphatic rings. The van der Waals surface area contributed by atoms with E-state index < -0.39 is 6.04 Å². The van der Waals surface area contributed by atoms with Gasteiger partial charge in [0.05, 0.1) is 13.2 Å². The van der Waals surface area contributed by atoms with Gasteiger partial charge in [0.2, 0.25) is 5.91 Å². The summed E-state index contributed by atoms with van der Waals surface area (Å²) in [6.07, 6.45) is 1.36. The summed E-state index contributed by atoms with van der Waals surface area (Å²) in [6, 6.07) is -0.483. The second kappa shape index (κ2) is 4.53. The molecule has 5 nitrogen and oxygen atoms in total. The van der Waals surface area contributed by atoms with Crippen LogP contribution in [0.1, 0.15) is 26.7 Å². The zero-order chi connectivity index (χ0) is 13.5. The Hall–Kier alpha value is -1.10. The van der Waals surface area contributed by atoms with Crippen molar-refractivity contribution < 1.29 is 19.1 Å². The predicted octanol–water partition coefficient (Wildman–Crippen LogP) is 0.821. The number of hydrogen-bond donors (Lipinski definition) is 0. The highest BCUT2D eigenvalue weighted by atomic mass is 16.5. The van der Waals surface area contributed by atoms with Gasteiger partial charge in [-0.15, -0.1) is 0 Å². The number of carbonyl (C=O) groups excluding carboxylic acids is 2. The van der Waals surface area contributed by atoms with Crippen LogP contribution >= 0.6 is 0 Å². The lowest BCUT2D eigenvalue weighted by molar-refractivity contribution is -0.151. The normalized spacial score (nSPS) is 33.3. The zero-order valence-electron chi connectivity index (χ0n) is 11.4. The molecule has 5 heteroatoms. The van der Waals surface area contributed by atoms with Crippen LogP contribution in [0.25, 0.3) is 0 Å². The molecule has 1 heterocycles. The van der Waals surface area contributed by atoms with Gasteiger partial charge in [0, 0.05) is 26.0 Å². The molecule has 0 aromatic heterocycles. The summed E-state index contributed by atoms with van der Waals surface area (Å²) in [7, 11) is 2.96. The van der Waals surface area contributed by atoms with Crippen molar-refractivity contribution in [3.8, 4) is 0 Å². The molecule has 0 spiro atoms. The van der Waals surface area contributed by atoms with E-state index in [4.69, 9.17) is 9.47 Å². The molecule has 18 heavy (non-hydrogen) atoms. The molecule has 2 fully saturated rings. The lowest BCUT2D eigenvalue weighted by Crippen LogP contribution is -2.42. The fraction of sp³-hybridized carbons (Fsp3) is 0.846. The Morgan fingerprint density at radius 1 is 1.28 bits per heavy atom. The first-order valence-corrected chi connectivity index (χ1v) is 6.32. The maximum absolute atomic E-state index is 12.4. The Kier molecular flexibility index (Phi) is 3.36. The molecule has 1 saturated carbocycles. The van der Waals surface area contributed by atoms with Gasteiger partial charge < -0.3 is 14.4 Å². The molecule has 0 aromatic rings. The summed E-state index contributed by atoms with van der Waals surface area (Å²) in [5, 5.41) is 0. The van der Waals surface area contributed by atoms with Crippen LogP contribution in [0.3, 0.4) is 0 Å². The van der Waals surface area contributed by atoms with Gasteiger partial charge in [0.1, 0.15) is 6.04 Å². The van der Waals surface area contributed by atoms with Crippen molar-refractivity contribution in [3.63, 3.8) is 0 Å². The number of rotatable bonds is 3. The molecule has 1 aliphatic heterocycles. The van der Waals surface area contributed by atoms with E-state index in [1.807, 2.05) is 0 Å². The lowest BCUT2D eigenvalue weighted by atomic mass is 10.1. The monoisotopic (exact) mass is 255 g/mol. The van der Waals surface area contributed by atoms with Crippen molar-refractivity contribution in [1.29, 1.82) is 0 Å². The quantitative estimate of drug-likeness (QED) is 0.701. The number of hydrogen-bond acceptors (Lipinski definition) is 4. The first kappa shape index (κ1) is 13.3. The molecule has 102 valence electrons. The lowest BCUT2D eigenvalue weighted by Gasteiger charge is -2.23. The van der Waals surface area contributed by atoms with Crippen LogP contribution in [0.5, 0.6) is 0 Å². The third kappa shape index (κ3) is 2.23. The highest BCUT2D eigenvalue weighted by Gasteiger charge is 2.54. The third-order valence-corrected chi connectivity index (χ3v) is 4.16. The molecule has 2 unspecified atom stereocenters. The van der Waals surface area contributed by atoms with E-state index in [1.165, 1.54) is 7.11 Å². The van der Waals surface area contributed by atoms with Crippen LogP contribution in [-0.4, -0.2) is 49.7 Å². The number of likely N-dealkylation sites (tertiary alicyclic amines) is 1. The number of ether oxygens (including phenoxy) is 2. The average Bonchev–Trinajstić information content (AvgIpc) is 2.79. The van der Waals surface area contributed by atoms with Crippen LogP contribution in [0, 0.1) is 11.3 Å². The second-order valence-electron chi connectivity index (χ2n) is 5.87. The number of amides is 1. The summed E-state index contributed by atoms with van der Waals surface area (Å²) in [5.41, 5.74) is 0.0723. The van der Waals surface area contributed by atoms with Gasteiger partial charge in [-0.1, -0.05) is 13.8 Å². The maximum atomic E-state index is 12.4. The fourth-order valence-electron chi connectivity index (χ4n) is 2.66. The molecule has 0 bridgehead atoms. The standard InChI is InChI=1S/C13H21NO4/c1-13(2)6-9(13)11(15)14-7-8(17-3)5-10(14)12(16)18-4/h8-10H,5-7H2,1-4H3/t8?,9-,10?/m1/s1. The summed E-state index contributed by atoms with van der Waals surface area (Å²) in [5.74, 6) is -0.239. The molecule has 0 radical (unpaired) electrons. The molecule has 1 saturated heterocycles. The van der Waals surface area contributed by atoms with E-state index in [2.05, 4.69) is 13.8 Å². The average molecular weight is 255 g/mol. The summed E-state index contributed by atoms with van der Waals surface area (Å²) >= 11 is 0. The van der Waals surface area contributed by atoms with Gasteiger partial charge in [-0.25, -0.2) is 4.79 Å². The van der Waals surface area contributed by atoms with Crippen molar-refractivity contribution in [1.82, 2.24) is 4.90 Å². The number of carbonyl (C=O) groups is 2. The fourth-order valence-corrected chi connectivity index (χ4v) is 2.66. The number of methoxy groups -OCH3 is 2. The molecule has 1 aliphatic carbocycles. The Morgan fingerprint density at radius 2 is 1.89 bits per heavy atom. The summed E-state index contributed by atoms with van der Waals surface area (Å²) < 4.78 is 10.0. The minimum absolute atomic E-state index is 0.0419. The Morgan fingerprint density at radius 3 is 2.33 bits per heavy atom. The molecule has 2 rings (SSSR count). The summed E-state index contributed by atoms with van der Waals surface area (Å²) in [4.78, 5) is 25.7. The summed E-state index contributed by atoms with van der Waals surface area (Å²) in [6.45, 7) is 4.64. The van der Waals surface area contributed by atoms with E-state index >= 15 is 0 Å². The third-order valence-electron chi connectivity index (χ3n) is 4.16. The Bertz CT molecular complexity index is 366. The molecular weight excluding hydrogens is 234 g/mol. The van der Waals surface area contributed by atoms with Crippen LogP contribution in [0.4, 0.5) is 0 Å². The molecular formula is C13H21NO4. The van der Waals surface area contributed by atoms with E-state index in [9.17, 15) is 9.59 Å². The van der Waals surface area contributed by atoms with Crippen molar-refractivity contribution in [3.05, 3.63) is 0 Å². The van der Waals surface area contributed by atoms with E-state index in [0.717, 1.165) is 6.42 Å². The Labute approximate surface area is 107 Å². The van der Waals surface area contributed by atoms with Crippen molar-refractivity contribution in [2.24, 2.45) is 11.3 Å². The van der Waals surface area contributed by atoms with Crippen molar-refractivity contribution >= 4 is 11.9 Å². The highest BCUT2D eigenvalue weighted by molar-refractivity contribution is 5.88. The van der Waals surface area contributed by atoms with Crippen molar-refractivity contribution in [2.75, 3.05) is 20.8 Å². The van der Waals surface area contributed by atoms with E-state index in [0.29, 0.717) is 13.0 Å². The first-order chi connectivity index (χ1) is 8.40. The van der Waals surface area contributed by atoms with E-state index in [1.54, 1.807) is 12.0 Å². The van der Waals surface area contributed by atoms with Crippen LogP contribution in [0.2, 0.25) is 0 Å². The van der Waals surface area contributed by atoms with Gasteiger partial charge >= 0.3 is 5.97 Å². The molecule has 0 N–H and O–H groups in total. The van der Waals surface area contributed by atoms with Gasteiger partial charge in [-0.2, -0.15) is 0 Å². The first-order valence-electron chi connectivity index (χ1n) is 6.32. The Balaban J connectivity index is 2.09. The predicted molar refractivity (Wildman–Crippen MR) is 64.8 cm³/mol. The topological polar surface area (TPSA) is 55.8 Å². The number of nitrogens with zero attached hydrogens (tertiary/aromatic N) is 1. The zero-order valence-corrected chi connectivity index (χ0v) is 11.4. The van der Waals surface area contributed by atoms with Gasteiger partial charge in [-0.3, -0.25) is 4.79 Å².